The van der Waals surface area contributed by atoms with Crippen molar-refractivity contribution in [1.82, 2.24) is 29.8 Å². The highest BCUT2D eigenvalue weighted by Gasteiger charge is 2.28. The van der Waals surface area contributed by atoms with Crippen molar-refractivity contribution >= 4 is 17.5 Å². The number of nitrogens with zero attached hydrogens (tertiary/aromatic N) is 6. The van der Waals surface area contributed by atoms with E-state index in [4.69, 9.17) is 16.1 Å². The number of aromatic nitrogens is 5. The third kappa shape index (κ3) is 3.64. The van der Waals surface area contributed by atoms with E-state index in [9.17, 15) is 4.79 Å². The molecule has 0 aromatic carbocycles. The Morgan fingerprint density at radius 3 is 2.71 bits per heavy atom. The van der Waals surface area contributed by atoms with Crippen LogP contribution in [0, 0.1) is 13.8 Å². The van der Waals surface area contributed by atoms with Crippen molar-refractivity contribution in [3.05, 3.63) is 46.6 Å². The maximum absolute atomic E-state index is 12.6. The van der Waals surface area contributed by atoms with Crippen LogP contribution in [0.3, 0.4) is 0 Å². The molecule has 0 spiro atoms. The minimum atomic E-state index is 0.0444. The molecule has 0 radical (unpaired) electrons. The Morgan fingerprint density at radius 2 is 2.07 bits per heavy atom. The van der Waals surface area contributed by atoms with Crippen molar-refractivity contribution in [2.75, 3.05) is 13.1 Å². The molecule has 0 aliphatic carbocycles. The summed E-state index contributed by atoms with van der Waals surface area (Å²) in [4.78, 5) is 23.2. The lowest BCUT2D eigenvalue weighted by Crippen LogP contribution is -2.40. The van der Waals surface area contributed by atoms with Crippen LogP contribution in [0.15, 0.2) is 28.9 Å². The van der Waals surface area contributed by atoms with Crippen LogP contribution in [-0.2, 0) is 11.3 Å². The Kier molecular flexibility index (Phi) is 5.13. The summed E-state index contributed by atoms with van der Waals surface area (Å²) in [6, 6.07) is 5.56. The number of carbonyl (C=O) groups excluding carboxylic acids is 1. The molecule has 1 aliphatic heterocycles. The summed E-state index contributed by atoms with van der Waals surface area (Å²) in [5.74, 6) is 1.32. The van der Waals surface area contributed by atoms with Crippen LogP contribution in [0.2, 0.25) is 5.02 Å². The molecule has 0 atom stereocenters. The topological polar surface area (TPSA) is 89.9 Å². The fourth-order valence-electron chi connectivity index (χ4n) is 3.44. The highest BCUT2D eigenvalue weighted by atomic mass is 35.5. The largest absolute Gasteiger partial charge is 0.341 e. The van der Waals surface area contributed by atoms with Gasteiger partial charge in [-0.15, -0.1) is 0 Å². The lowest BCUT2D eigenvalue weighted by molar-refractivity contribution is -0.133. The van der Waals surface area contributed by atoms with Gasteiger partial charge in [0.25, 0.3) is 5.89 Å². The van der Waals surface area contributed by atoms with E-state index in [2.05, 4.69) is 20.2 Å². The molecule has 1 aliphatic rings. The Morgan fingerprint density at radius 1 is 1.29 bits per heavy atom. The molecule has 0 unspecified atom stereocenters. The third-order valence-corrected chi connectivity index (χ3v) is 5.66. The fraction of sp³-hybridized carbons (Fsp3) is 0.421. The Balaban J connectivity index is 1.36. The molecule has 146 valence electrons. The van der Waals surface area contributed by atoms with Crippen molar-refractivity contribution < 1.29 is 9.32 Å². The van der Waals surface area contributed by atoms with Crippen LogP contribution >= 0.6 is 11.6 Å². The Bertz CT molecular complexity index is 976. The van der Waals surface area contributed by atoms with Crippen molar-refractivity contribution in [1.29, 1.82) is 0 Å². The van der Waals surface area contributed by atoms with Crippen molar-refractivity contribution in [2.45, 2.75) is 39.2 Å². The van der Waals surface area contributed by atoms with Crippen LogP contribution in [0.4, 0.5) is 0 Å². The Labute approximate surface area is 167 Å². The average Bonchev–Trinajstić information content (AvgIpc) is 3.31. The van der Waals surface area contributed by atoms with E-state index in [-0.39, 0.29) is 18.4 Å². The molecule has 8 nitrogen and oxygen atoms in total. The van der Waals surface area contributed by atoms with Gasteiger partial charge in [0.05, 0.1) is 16.4 Å². The van der Waals surface area contributed by atoms with E-state index in [0.29, 0.717) is 35.5 Å². The van der Waals surface area contributed by atoms with Gasteiger partial charge in [0, 0.05) is 25.2 Å². The number of halogens is 1. The van der Waals surface area contributed by atoms with Crippen LogP contribution in [0.5, 0.6) is 0 Å². The molecule has 4 heterocycles. The summed E-state index contributed by atoms with van der Waals surface area (Å²) in [7, 11) is 0. The molecule has 3 aromatic heterocycles. The quantitative estimate of drug-likeness (QED) is 0.668. The molecule has 4 rings (SSSR count). The summed E-state index contributed by atoms with van der Waals surface area (Å²) in [5, 5.41) is 9.08. The smallest absolute Gasteiger partial charge is 0.276 e. The second-order valence-electron chi connectivity index (χ2n) is 6.97. The predicted octanol–water partition coefficient (Wildman–Crippen LogP) is 3.00. The zero-order chi connectivity index (χ0) is 19.7. The summed E-state index contributed by atoms with van der Waals surface area (Å²) >= 11 is 6.17. The van der Waals surface area contributed by atoms with Crippen LogP contribution in [0.1, 0.15) is 36.0 Å². The summed E-state index contributed by atoms with van der Waals surface area (Å²) in [6.45, 7) is 5.23. The number of aryl methyl sites for hydroxylation is 1. The van der Waals surface area contributed by atoms with Crippen LogP contribution < -0.4 is 0 Å². The van der Waals surface area contributed by atoms with Crippen molar-refractivity contribution in [2.24, 2.45) is 0 Å². The van der Waals surface area contributed by atoms with Gasteiger partial charge in [-0.25, -0.2) is 0 Å². The molecule has 0 bridgehead atoms. The number of hydrogen-bond acceptors (Lipinski definition) is 6. The maximum atomic E-state index is 12.6. The number of likely N-dealkylation sites (tertiary alicyclic amines) is 1. The van der Waals surface area contributed by atoms with E-state index in [1.54, 1.807) is 10.9 Å². The second-order valence-corrected chi connectivity index (χ2v) is 7.35. The summed E-state index contributed by atoms with van der Waals surface area (Å²) in [6.07, 6.45) is 3.29. The van der Waals surface area contributed by atoms with Gasteiger partial charge in [0.2, 0.25) is 5.91 Å². The summed E-state index contributed by atoms with van der Waals surface area (Å²) < 4.78 is 7.03. The van der Waals surface area contributed by atoms with E-state index in [1.807, 2.05) is 36.9 Å². The highest BCUT2D eigenvalue weighted by Crippen LogP contribution is 2.28. The number of rotatable bonds is 4. The first-order valence-electron chi connectivity index (χ1n) is 9.25. The average molecular weight is 401 g/mol. The number of piperidine rings is 1. The molecule has 28 heavy (non-hydrogen) atoms. The minimum Gasteiger partial charge on any atom is -0.341 e. The lowest BCUT2D eigenvalue weighted by Gasteiger charge is -2.30. The van der Waals surface area contributed by atoms with Gasteiger partial charge in [0.1, 0.15) is 12.2 Å². The number of pyridine rings is 1. The second kappa shape index (κ2) is 7.71. The fourth-order valence-corrected chi connectivity index (χ4v) is 3.57. The molecule has 1 amide bonds. The minimum absolute atomic E-state index is 0.0444. The highest BCUT2D eigenvalue weighted by molar-refractivity contribution is 6.31. The first-order valence-corrected chi connectivity index (χ1v) is 9.63. The number of amides is 1. The number of hydrogen-bond donors (Lipinski definition) is 0. The molecular weight excluding hydrogens is 380 g/mol. The molecule has 3 aromatic rings. The zero-order valence-corrected chi connectivity index (χ0v) is 16.6. The van der Waals surface area contributed by atoms with Gasteiger partial charge < -0.3 is 9.42 Å². The van der Waals surface area contributed by atoms with Gasteiger partial charge in [0.15, 0.2) is 5.82 Å². The van der Waals surface area contributed by atoms with Gasteiger partial charge in [-0.2, -0.15) is 10.1 Å². The first-order chi connectivity index (χ1) is 13.5. The number of carbonyl (C=O) groups is 1. The Hall–Kier alpha value is -2.74. The normalized spacial score (nSPS) is 15.2. The van der Waals surface area contributed by atoms with Crippen molar-refractivity contribution in [3.8, 4) is 11.6 Å². The molecule has 0 saturated carbocycles. The third-order valence-electron chi connectivity index (χ3n) is 5.12. The predicted molar refractivity (Wildman–Crippen MR) is 103 cm³/mol. The summed E-state index contributed by atoms with van der Waals surface area (Å²) in [5.41, 5.74) is 2.22. The van der Waals surface area contributed by atoms with Crippen molar-refractivity contribution in [3.63, 3.8) is 0 Å². The van der Waals surface area contributed by atoms with Crippen LogP contribution in [0.25, 0.3) is 11.6 Å². The van der Waals surface area contributed by atoms with Gasteiger partial charge in [-0.1, -0.05) is 22.8 Å². The molecule has 1 fully saturated rings. The van der Waals surface area contributed by atoms with Gasteiger partial charge >= 0.3 is 0 Å². The molecular formula is C19H21ClN6O2. The first kappa shape index (κ1) is 18.6. The van der Waals surface area contributed by atoms with E-state index >= 15 is 0 Å². The standard InChI is InChI=1S/C19H21ClN6O2/c1-12-17(20)13(2)26(23-12)11-16(27)25-9-6-14(7-10-25)18-22-19(28-24-18)15-5-3-4-8-21-15/h3-5,8,14H,6-7,9-11H2,1-2H3. The van der Waals surface area contributed by atoms with Gasteiger partial charge in [-0.05, 0) is 38.8 Å². The SMILES string of the molecule is Cc1nn(CC(=O)N2CCC(c3noc(-c4ccccn4)n3)CC2)c(C)c1Cl. The molecule has 1 saturated heterocycles. The zero-order valence-electron chi connectivity index (χ0n) is 15.8. The van der Waals surface area contributed by atoms with E-state index in [1.165, 1.54) is 0 Å². The molecule has 0 N–H and O–H groups in total. The maximum Gasteiger partial charge on any atom is 0.276 e. The van der Waals surface area contributed by atoms with E-state index < -0.39 is 0 Å². The molecule has 9 heteroatoms. The monoisotopic (exact) mass is 400 g/mol. The van der Waals surface area contributed by atoms with Crippen LogP contribution in [-0.4, -0.2) is 48.8 Å². The van der Waals surface area contributed by atoms with E-state index in [0.717, 1.165) is 24.2 Å². The van der Waals surface area contributed by atoms with Gasteiger partial charge in [-0.3, -0.25) is 14.5 Å². The lowest BCUT2D eigenvalue weighted by atomic mass is 9.96.